The first-order valence-corrected chi connectivity index (χ1v) is 11.3. The molecule has 2 fully saturated rings. The summed E-state index contributed by atoms with van der Waals surface area (Å²) >= 11 is 0. The van der Waals surface area contributed by atoms with Crippen LogP contribution in [0.5, 0.6) is 0 Å². The molecule has 3 aliphatic rings. The number of nitrogens with zero attached hydrogens (tertiary/aromatic N) is 1. The van der Waals surface area contributed by atoms with E-state index >= 15 is 0 Å². The van der Waals surface area contributed by atoms with Gasteiger partial charge in [-0.25, -0.2) is 0 Å². The van der Waals surface area contributed by atoms with Gasteiger partial charge in [-0.05, 0) is 81.5 Å². The van der Waals surface area contributed by atoms with E-state index in [9.17, 15) is 5.26 Å². The predicted molar refractivity (Wildman–Crippen MR) is 106 cm³/mol. The third-order valence-corrected chi connectivity index (χ3v) is 8.06. The number of rotatable bonds is 5. The molecule has 140 valence electrons. The van der Waals surface area contributed by atoms with Crippen molar-refractivity contribution in [1.29, 1.82) is 5.26 Å². The van der Waals surface area contributed by atoms with Crippen LogP contribution in [0, 0.1) is 40.4 Å². The fraction of sp³-hybridized carbons (Fsp3) is 0.875. The summed E-state index contributed by atoms with van der Waals surface area (Å²) in [5.74, 6) is 3.76. The Kier molecular flexibility index (Phi) is 6.65. The van der Waals surface area contributed by atoms with E-state index in [1.807, 2.05) is 0 Å². The van der Waals surface area contributed by atoms with Crippen LogP contribution in [0.15, 0.2) is 11.6 Å². The Morgan fingerprint density at radius 2 is 1.64 bits per heavy atom. The maximum Gasteiger partial charge on any atom is 0.0782 e. The van der Waals surface area contributed by atoms with Crippen molar-refractivity contribution in [2.24, 2.45) is 29.1 Å². The second-order valence-corrected chi connectivity index (χ2v) is 9.38. The Morgan fingerprint density at radius 1 is 0.960 bits per heavy atom. The van der Waals surface area contributed by atoms with Gasteiger partial charge < -0.3 is 0 Å². The van der Waals surface area contributed by atoms with Crippen molar-refractivity contribution < 1.29 is 0 Å². The first-order chi connectivity index (χ1) is 12.2. The zero-order chi connectivity index (χ0) is 17.7. The molecule has 0 bridgehead atoms. The Hall–Kier alpha value is -0.770. The third-order valence-electron chi connectivity index (χ3n) is 8.06. The van der Waals surface area contributed by atoms with Gasteiger partial charge in [0.15, 0.2) is 0 Å². The second-order valence-electron chi connectivity index (χ2n) is 9.38. The van der Waals surface area contributed by atoms with Crippen molar-refractivity contribution in [3.8, 4) is 6.07 Å². The van der Waals surface area contributed by atoms with Crippen molar-refractivity contribution in [1.82, 2.24) is 0 Å². The zero-order valence-corrected chi connectivity index (χ0v) is 16.7. The van der Waals surface area contributed by atoms with E-state index in [-0.39, 0.29) is 5.41 Å². The third kappa shape index (κ3) is 4.32. The molecule has 1 atom stereocenters. The van der Waals surface area contributed by atoms with Gasteiger partial charge in [-0.2, -0.15) is 5.26 Å². The van der Waals surface area contributed by atoms with E-state index in [1.165, 1.54) is 82.6 Å². The van der Waals surface area contributed by atoms with Crippen LogP contribution in [0.25, 0.3) is 0 Å². The van der Waals surface area contributed by atoms with E-state index in [1.54, 1.807) is 0 Å². The minimum absolute atomic E-state index is 0.0890. The van der Waals surface area contributed by atoms with Crippen molar-refractivity contribution in [2.75, 3.05) is 0 Å². The Balaban J connectivity index is 1.55. The van der Waals surface area contributed by atoms with Crippen molar-refractivity contribution in [3.63, 3.8) is 0 Å². The Morgan fingerprint density at radius 3 is 2.16 bits per heavy atom. The fourth-order valence-electron chi connectivity index (χ4n) is 6.17. The molecule has 1 nitrogen and oxygen atoms in total. The van der Waals surface area contributed by atoms with E-state index in [4.69, 9.17) is 0 Å². The van der Waals surface area contributed by atoms with Crippen LogP contribution in [0.1, 0.15) is 104 Å². The molecule has 2 saturated carbocycles. The molecular formula is C24H39N. The maximum absolute atomic E-state index is 10.0. The lowest BCUT2D eigenvalue weighted by molar-refractivity contribution is 0.132. The molecular weight excluding hydrogens is 302 g/mol. The van der Waals surface area contributed by atoms with E-state index in [0.717, 1.165) is 36.5 Å². The van der Waals surface area contributed by atoms with Gasteiger partial charge in [-0.3, -0.25) is 0 Å². The second kappa shape index (κ2) is 8.75. The largest absolute Gasteiger partial charge is 0.197 e. The average molecular weight is 342 g/mol. The predicted octanol–water partition coefficient (Wildman–Crippen LogP) is 7.43. The van der Waals surface area contributed by atoms with Crippen LogP contribution < -0.4 is 0 Å². The summed E-state index contributed by atoms with van der Waals surface area (Å²) in [7, 11) is 0. The molecule has 0 amide bonds. The molecule has 0 saturated heterocycles. The fourth-order valence-corrected chi connectivity index (χ4v) is 6.17. The molecule has 0 aromatic rings. The SMILES string of the molecule is CCC[C@H]1CC=C([C@]2(C#N)CC[C@@H](C3CCC(CC)CC3)CC2)CC1. The standard InChI is InChI=1S/C24H39N/c1-3-5-20-8-12-23(13-9-20)24(18-25)16-14-22(15-17-24)21-10-6-19(4-2)7-11-21/h12,19-22H,3-11,13-17H2,1-2H3/t19?,20-,21?,22-,24-/m0/s1. The lowest BCUT2D eigenvalue weighted by Gasteiger charge is -2.42. The van der Waals surface area contributed by atoms with Gasteiger partial charge in [0.05, 0.1) is 11.5 Å². The highest BCUT2D eigenvalue weighted by molar-refractivity contribution is 5.26. The van der Waals surface area contributed by atoms with Crippen LogP contribution in [0.2, 0.25) is 0 Å². The molecule has 3 rings (SSSR count). The molecule has 25 heavy (non-hydrogen) atoms. The molecule has 0 N–H and O–H groups in total. The van der Waals surface area contributed by atoms with Gasteiger partial charge >= 0.3 is 0 Å². The van der Waals surface area contributed by atoms with Crippen LogP contribution in [0.3, 0.4) is 0 Å². The van der Waals surface area contributed by atoms with Crippen LogP contribution in [-0.2, 0) is 0 Å². The average Bonchev–Trinajstić information content (AvgIpc) is 2.69. The smallest absolute Gasteiger partial charge is 0.0782 e. The minimum atomic E-state index is -0.0890. The Bertz CT molecular complexity index is 481. The highest BCUT2D eigenvalue weighted by Gasteiger charge is 2.41. The van der Waals surface area contributed by atoms with Gasteiger partial charge in [0.25, 0.3) is 0 Å². The highest BCUT2D eigenvalue weighted by atomic mass is 14.5. The monoisotopic (exact) mass is 341 g/mol. The molecule has 0 spiro atoms. The molecule has 3 aliphatic carbocycles. The molecule has 0 aliphatic heterocycles. The molecule has 0 unspecified atom stereocenters. The van der Waals surface area contributed by atoms with Gasteiger partial charge in [-0.15, -0.1) is 0 Å². The molecule has 0 aromatic heterocycles. The van der Waals surface area contributed by atoms with E-state index in [2.05, 4.69) is 26.0 Å². The number of hydrogen-bond acceptors (Lipinski definition) is 1. The van der Waals surface area contributed by atoms with Gasteiger partial charge in [0.2, 0.25) is 0 Å². The van der Waals surface area contributed by atoms with E-state index < -0.39 is 0 Å². The van der Waals surface area contributed by atoms with Gasteiger partial charge in [0.1, 0.15) is 0 Å². The summed E-state index contributed by atoms with van der Waals surface area (Å²) in [5, 5.41) is 10.0. The molecule has 0 heterocycles. The minimum Gasteiger partial charge on any atom is -0.197 e. The molecule has 1 heteroatoms. The normalized spacial score (nSPS) is 39.5. The topological polar surface area (TPSA) is 23.8 Å². The number of allylic oxidation sites excluding steroid dienone is 2. The van der Waals surface area contributed by atoms with E-state index in [0.29, 0.717) is 0 Å². The van der Waals surface area contributed by atoms with Crippen molar-refractivity contribution in [3.05, 3.63) is 11.6 Å². The first kappa shape index (κ1) is 19.0. The Labute approximate surface area is 156 Å². The van der Waals surface area contributed by atoms with Crippen LogP contribution >= 0.6 is 0 Å². The maximum atomic E-state index is 10.0. The van der Waals surface area contributed by atoms with Gasteiger partial charge in [0, 0.05) is 0 Å². The lowest BCUT2D eigenvalue weighted by Crippen LogP contribution is -2.33. The first-order valence-electron chi connectivity index (χ1n) is 11.3. The van der Waals surface area contributed by atoms with Crippen LogP contribution in [-0.4, -0.2) is 0 Å². The highest BCUT2D eigenvalue weighted by Crippen LogP contribution is 2.51. The summed E-state index contributed by atoms with van der Waals surface area (Å²) in [6.45, 7) is 4.65. The zero-order valence-electron chi connectivity index (χ0n) is 16.7. The summed E-state index contributed by atoms with van der Waals surface area (Å²) in [6.07, 6.45) is 21.1. The van der Waals surface area contributed by atoms with Crippen molar-refractivity contribution >= 4 is 0 Å². The summed E-state index contributed by atoms with van der Waals surface area (Å²) in [4.78, 5) is 0. The number of hydrogen-bond donors (Lipinski definition) is 0. The summed E-state index contributed by atoms with van der Waals surface area (Å²) in [6, 6.07) is 2.81. The van der Waals surface area contributed by atoms with Gasteiger partial charge in [-0.1, -0.05) is 57.6 Å². The quantitative estimate of drug-likeness (QED) is 0.477. The summed E-state index contributed by atoms with van der Waals surface area (Å²) in [5.41, 5.74) is 1.43. The number of nitriles is 1. The summed E-state index contributed by atoms with van der Waals surface area (Å²) < 4.78 is 0. The molecule has 0 aromatic carbocycles. The lowest BCUT2D eigenvalue weighted by atomic mass is 9.61. The van der Waals surface area contributed by atoms with Crippen molar-refractivity contribution in [2.45, 2.75) is 104 Å². The molecule has 0 radical (unpaired) electrons. The van der Waals surface area contributed by atoms with Crippen LogP contribution in [0.4, 0.5) is 0 Å².